The lowest BCUT2D eigenvalue weighted by molar-refractivity contribution is 0.477. The van der Waals surface area contributed by atoms with Gasteiger partial charge in [0, 0.05) is 24.0 Å². The molecule has 0 atom stereocenters. The van der Waals surface area contributed by atoms with Crippen LogP contribution < -0.4 is 0 Å². The van der Waals surface area contributed by atoms with Gasteiger partial charge in [-0.25, -0.2) is 13.4 Å². The summed E-state index contributed by atoms with van der Waals surface area (Å²) < 4.78 is 27.1. The zero-order valence-electron chi connectivity index (χ0n) is 12.2. The highest BCUT2D eigenvalue weighted by atomic mass is 32.2. The molecule has 6 heteroatoms. The molecule has 0 spiro atoms. The van der Waals surface area contributed by atoms with Crippen LogP contribution in [0.3, 0.4) is 0 Å². The van der Waals surface area contributed by atoms with Gasteiger partial charge in [-0.15, -0.1) is 11.3 Å². The lowest BCUT2D eigenvalue weighted by Gasteiger charge is -2.17. The molecule has 1 fully saturated rings. The second-order valence-corrected chi connectivity index (χ2v) is 8.31. The Hall–Kier alpha value is -1.24. The lowest BCUT2D eigenvalue weighted by atomic mass is 10.1. The van der Waals surface area contributed by atoms with Gasteiger partial charge < -0.3 is 0 Å². The topological polar surface area (TPSA) is 50.3 Å². The summed E-state index contributed by atoms with van der Waals surface area (Å²) in [4.78, 5) is 4.85. The van der Waals surface area contributed by atoms with Crippen LogP contribution >= 0.6 is 11.3 Å². The van der Waals surface area contributed by atoms with Gasteiger partial charge in [-0.05, 0) is 38.3 Å². The lowest BCUT2D eigenvalue weighted by Crippen LogP contribution is -2.28. The van der Waals surface area contributed by atoms with E-state index in [1.165, 1.54) is 0 Å². The molecule has 1 aromatic heterocycles. The quantitative estimate of drug-likeness (QED) is 0.872. The molecule has 2 aromatic rings. The minimum absolute atomic E-state index is 0.410. The number of nitrogens with zero attached hydrogens (tertiary/aromatic N) is 2. The van der Waals surface area contributed by atoms with Gasteiger partial charge in [-0.3, -0.25) is 0 Å². The van der Waals surface area contributed by atoms with E-state index in [0.29, 0.717) is 18.0 Å². The number of hydrogen-bond donors (Lipinski definition) is 0. The first-order chi connectivity index (χ1) is 9.98. The Morgan fingerprint density at radius 2 is 1.90 bits per heavy atom. The van der Waals surface area contributed by atoms with Crippen LogP contribution in [0.1, 0.15) is 23.4 Å². The smallest absolute Gasteiger partial charge is 0.242 e. The zero-order chi connectivity index (χ0) is 15.0. The monoisotopic (exact) mass is 322 g/mol. The maximum atomic E-state index is 12.8. The van der Waals surface area contributed by atoms with Gasteiger partial charge in [-0.2, -0.15) is 4.31 Å². The summed E-state index contributed by atoms with van der Waals surface area (Å²) in [5.41, 5.74) is 2.50. The van der Waals surface area contributed by atoms with Crippen LogP contribution in [0, 0.1) is 13.8 Å². The van der Waals surface area contributed by atoms with Crippen molar-refractivity contribution in [1.29, 1.82) is 0 Å². The molecule has 1 aromatic carbocycles. The molecule has 0 amide bonds. The number of rotatable bonds is 3. The molecule has 0 aliphatic carbocycles. The van der Waals surface area contributed by atoms with Gasteiger partial charge in [0.05, 0.1) is 15.6 Å². The standard InChI is InChI=1S/C15H18N2O2S2/c1-11-5-6-13(14-10-20-12(2)16-14)9-15(11)21(18,19)17-7-3-4-8-17/h5-6,9-10H,3-4,7-8H2,1-2H3. The minimum Gasteiger partial charge on any atom is -0.242 e. The molecule has 1 aliphatic heterocycles. The normalized spacial score (nSPS) is 16.5. The maximum absolute atomic E-state index is 12.8. The Morgan fingerprint density at radius 1 is 1.19 bits per heavy atom. The fraction of sp³-hybridized carbons (Fsp3) is 0.400. The summed E-state index contributed by atoms with van der Waals surface area (Å²) in [7, 11) is -3.38. The molecule has 2 heterocycles. The molecule has 0 N–H and O–H groups in total. The first kappa shape index (κ1) is 14.7. The number of aromatic nitrogens is 1. The van der Waals surface area contributed by atoms with E-state index in [1.807, 2.05) is 31.4 Å². The van der Waals surface area contributed by atoms with E-state index in [-0.39, 0.29) is 0 Å². The van der Waals surface area contributed by atoms with Gasteiger partial charge in [0.25, 0.3) is 0 Å². The van der Waals surface area contributed by atoms with E-state index in [4.69, 9.17) is 0 Å². The molecule has 0 radical (unpaired) electrons. The van der Waals surface area contributed by atoms with Crippen LogP contribution in [0.5, 0.6) is 0 Å². The molecule has 1 aliphatic rings. The van der Waals surface area contributed by atoms with E-state index >= 15 is 0 Å². The van der Waals surface area contributed by atoms with Crippen LogP contribution in [-0.4, -0.2) is 30.8 Å². The van der Waals surface area contributed by atoms with Gasteiger partial charge >= 0.3 is 0 Å². The SMILES string of the molecule is Cc1nc(-c2ccc(C)c(S(=O)(=O)N3CCCC3)c2)cs1. The summed E-state index contributed by atoms with van der Waals surface area (Å²) in [5, 5.41) is 2.95. The fourth-order valence-electron chi connectivity index (χ4n) is 2.60. The molecule has 0 unspecified atom stereocenters. The van der Waals surface area contributed by atoms with Crippen molar-refractivity contribution in [2.75, 3.05) is 13.1 Å². The van der Waals surface area contributed by atoms with Crippen molar-refractivity contribution in [3.05, 3.63) is 34.2 Å². The second-order valence-electron chi connectivity index (χ2n) is 5.34. The Kier molecular flexibility index (Phi) is 3.86. The Bertz CT molecular complexity index is 760. The molecule has 3 rings (SSSR count). The number of benzene rings is 1. The number of hydrogen-bond acceptors (Lipinski definition) is 4. The summed E-state index contributed by atoms with van der Waals surface area (Å²) >= 11 is 1.57. The van der Waals surface area contributed by atoms with Crippen LogP contribution in [0.25, 0.3) is 11.3 Å². The van der Waals surface area contributed by atoms with Crippen LogP contribution in [0.4, 0.5) is 0 Å². The Labute approximate surface area is 129 Å². The van der Waals surface area contributed by atoms with Crippen molar-refractivity contribution in [2.24, 2.45) is 0 Å². The van der Waals surface area contributed by atoms with Crippen molar-refractivity contribution in [2.45, 2.75) is 31.6 Å². The first-order valence-electron chi connectivity index (χ1n) is 7.02. The van der Waals surface area contributed by atoms with Gasteiger partial charge in [-0.1, -0.05) is 12.1 Å². The molecule has 0 bridgehead atoms. The Morgan fingerprint density at radius 3 is 2.52 bits per heavy atom. The molecular weight excluding hydrogens is 304 g/mol. The molecule has 1 saturated heterocycles. The van der Waals surface area contributed by atoms with E-state index in [1.54, 1.807) is 21.7 Å². The third kappa shape index (κ3) is 2.75. The maximum Gasteiger partial charge on any atom is 0.243 e. The Balaban J connectivity index is 2.06. The van der Waals surface area contributed by atoms with E-state index < -0.39 is 10.0 Å². The van der Waals surface area contributed by atoms with E-state index in [0.717, 1.165) is 34.7 Å². The zero-order valence-corrected chi connectivity index (χ0v) is 13.8. The highest BCUT2D eigenvalue weighted by Gasteiger charge is 2.28. The summed E-state index contributed by atoms with van der Waals surface area (Å²) in [6.45, 7) is 5.05. The van der Waals surface area contributed by atoms with Crippen LogP contribution in [0.2, 0.25) is 0 Å². The van der Waals surface area contributed by atoms with Crippen molar-refractivity contribution in [1.82, 2.24) is 9.29 Å². The first-order valence-corrected chi connectivity index (χ1v) is 9.34. The summed E-state index contributed by atoms with van der Waals surface area (Å²) in [6, 6.07) is 5.57. The summed E-state index contributed by atoms with van der Waals surface area (Å²) in [5.74, 6) is 0. The third-order valence-corrected chi connectivity index (χ3v) is 6.60. The van der Waals surface area contributed by atoms with Gasteiger partial charge in [0.15, 0.2) is 0 Å². The molecule has 0 saturated carbocycles. The molecular formula is C15H18N2O2S2. The minimum atomic E-state index is -3.38. The average molecular weight is 322 g/mol. The van der Waals surface area contributed by atoms with Crippen molar-refractivity contribution < 1.29 is 8.42 Å². The third-order valence-electron chi connectivity index (χ3n) is 3.79. The largest absolute Gasteiger partial charge is 0.243 e. The highest BCUT2D eigenvalue weighted by molar-refractivity contribution is 7.89. The number of sulfonamides is 1. The second kappa shape index (κ2) is 5.51. The predicted molar refractivity (Wildman–Crippen MR) is 85.0 cm³/mol. The predicted octanol–water partition coefficient (Wildman–Crippen LogP) is 3.21. The molecule has 21 heavy (non-hydrogen) atoms. The fourth-order valence-corrected chi connectivity index (χ4v) is 4.99. The van der Waals surface area contributed by atoms with Crippen molar-refractivity contribution in [3.63, 3.8) is 0 Å². The van der Waals surface area contributed by atoms with Crippen LogP contribution in [0.15, 0.2) is 28.5 Å². The van der Waals surface area contributed by atoms with E-state index in [2.05, 4.69) is 4.98 Å². The van der Waals surface area contributed by atoms with Crippen molar-refractivity contribution in [3.8, 4) is 11.3 Å². The average Bonchev–Trinajstić information content (AvgIpc) is 3.10. The van der Waals surface area contributed by atoms with Gasteiger partial charge in [0.2, 0.25) is 10.0 Å². The molecule has 112 valence electrons. The highest BCUT2D eigenvalue weighted by Crippen LogP contribution is 2.29. The number of thiazole rings is 1. The number of aryl methyl sites for hydroxylation is 2. The summed E-state index contributed by atoms with van der Waals surface area (Å²) in [6.07, 6.45) is 1.90. The van der Waals surface area contributed by atoms with Crippen LogP contribution in [-0.2, 0) is 10.0 Å². The molecule has 4 nitrogen and oxygen atoms in total. The van der Waals surface area contributed by atoms with Gasteiger partial charge in [0.1, 0.15) is 0 Å². The van der Waals surface area contributed by atoms with E-state index in [9.17, 15) is 8.42 Å². The van der Waals surface area contributed by atoms with Crippen molar-refractivity contribution >= 4 is 21.4 Å².